The molecule has 4 nitrogen and oxygen atoms in total. The maximum absolute atomic E-state index is 12.0. The molecule has 0 unspecified atom stereocenters. The van der Waals surface area contributed by atoms with Crippen LogP contribution in [0.4, 0.5) is 0 Å². The number of benzene rings is 1. The highest BCUT2D eigenvalue weighted by Crippen LogP contribution is 2.37. The van der Waals surface area contributed by atoms with Crippen molar-refractivity contribution in [1.29, 1.82) is 0 Å². The second-order valence-electron chi connectivity index (χ2n) is 5.68. The maximum atomic E-state index is 12.0. The van der Waals surface area contributed by atoms with E-state index in [1.165, 1.54) is 7.11 Å². The molecule has 2 atom stereocenters. The molecular formula is C16H20O4. The van der Waals surface area contributed by atoms with E-state index in [1.54, 1.807) is 13.8 Å². The Hall–Kier alpha value is -1.68. The lowest BCUT2D eigenvalue weighted by molar-refractivity contribution is -0.171. The minimum atomic E-state index is -0.835. The number of hydrogen-bond donors (Lipinski definition) is 0. The van der Waals surface area contributed by atoms with Gasteiger partial charge >= 0.3 is 5.97 Å². The molecule has 108 valence electrons. The lowest BCUT2D eigenvalue weighted by Crippen LogP contribution is -2.44. The molecule has 0 bridgehead atoms. The van der Waals surface area contributed by atoms with Crippen LogP contribution in [0.5, 0.6) is 0 Å². The summed E-state index contributed by atoms with van der Waals surface area (Å²) in [6, 6.07) is 9.62. The molecule has 1 heterocycles. The van der Waals surface area contributed by atoms with E-state index in [1.807, 2.05) is 30.3 Å². The molecule has 1 aliphatic rings. The first-order chi connectivity index (χ1) is 9.45. The Balaban J connectivity index is 2.21. The zero-order valence-corrected chi connectivity index (χ0v) is 12.1. The predicted octanol–water partition coefficient (Wildman–Crippen LogP) is 2.68. The van der Waals surface area contributed by atoms with Gasteiger partial charge in [0.05, 0.1) is 24.7 Å². The average molecular weight is 276 g/mol. The van der Waals surface area contributed by atoms with Crippen LogP contribution in [-0.2, 0) is 19.1 Å². The molecule has 1 aromatic rings. The van der Waals surface area contributed by atoms with Gasteiger partial charge in [0, 0.05) is 12.8 Å². The number of Topliss-reactive ketones (excluding diaryl/α,β-unsaturated/α-hetero) is 1. The highest BCUT2D eigenvalue weighted by molar-refractivity contribution is 5.83. The van der Waals surface area contributed by atoms with Gasteiger partial charge in [-0.25, -0.2) is 0 Å². The monoisotopic (exact) mass is 276 g/mol. The lowest BCUT2D eigenvalue weighted by Gasteiger charge is -2.37. The van der Waals surface area contributed by atoms with Crippen LogP contribution in [-0.4, -0.2) is 25.0 Å². The third kappa shape index (κ3) is 2.90. The highest BCUT2D eigenvalue weighted by atomic mass is 16.5. The fourth-order valence-corrected chi connectivity index (χ4v) is 2.48. The summed E-state index contributed by atoms with van der Waals surface area (Å²) in [5.41, 5.74) is 0.129. The van der Waals surface area contributed by atoms with Crippen LogP contribution in [0.25, 0.3) is 0 Å². The minimum Gasteiger partial charge on any atom is -0.469 e. The van der Waals surface area contributed by atoms with Crippen LogP contribution in [0.15, 0.2) is 30.3 Å². The van der Waals surface area contributed by atoms with Gasteiger partial charge in [-0.05, 0) is 19.4 Å². The summed E-state index contributed by atoms with van der Waals surface area (Å²) in [7, 11) is 1.35. The van der Waals surface area contributed by atoms with Gasteiger partial charge in [-0.15, -0.1) is 0 Å². The van der Waals surface area contributed by atoms with Crippen molar-refractivity contribution in [2.24, 2.45) is 5.41 Å². The summed E-state index contributed by atoms with van der Waals surface area (Å²) < 4.78 is 10.8. The van der Waals surface area contributed by atoms with Gasteiger partial charge in [-0.2, -0.15) is 0 Å². The van der Waals surface area contributed by atoms with Crippen molar-refractivity contribution in [3.63, 3.8) is 0 Å². The van der Waals surface area contributed by atoms with E-state index in [-0.39, 0.29) is 24.3 Å². The zero-order chi connectivity index (χ0) is 14.8. The molecule has 0 aromatic heterocycles. The summed E-state index contributed by atoms with van der Waals surface area (Å²) in [6.45, 7) is 3.51. The average Bonchev–Trinajstić information content (AvgIpc) is 2.46. The summed E-state index contributed by atoms with van der Waals surface area (Å²) in [5, 5.41) is 0. The molecule has 1 saturated heterocycles. The molecule has 1 aliphatic heterocycles. The number of hydrogen-bond acceptors (Lipinski definition) is 4. The SMILES string of the molecule is COC(=O)C(C)(C)[C@H]1CC(=O)C[C@H](c2ccccc2)O1. The van der Waals surface area contributed by atoms with Crippen LogP contribution >= 0.6 is 0 Å². The van der Waals surface area contributed by atoms with Crippen LogP contribution < -0.4 is 0 Å². The normalized spacial score (nSPS) is 23.4. The van der Waals surface area contributed by atoms with Crippen LogP contribution in [0, 0.1) is 5.41 Å². The van der Waals surface area contributed by atoms with Gasteiger partial charge in [0.25, 0.3) is 0 Å². The summed E-state index contributed by atoms with van der Waals surface area (Å²) in [6.07, 6.45) is -0.129. The molecule has 0 N–H and O–H groups in total. The Morgan fingerprint density at radius 1 is 1.25 bits per heavy atom. The van der Waals surface area contributed by atoms with E-state index in [2.05, 4.69) is 0 Å². The number of rotatable bonds is 3. The predicted molar refractivity (Wildman–Crippen MR) is 74.1 cm³/mol. The largest absolute Gasteiger partial charge is 0.469 e. The fourth-order valence-electron chi connectivity index (χ4n) is 2.48. The topological polar surface area (TPSA) is 52.6 Å². The Bertz CT molecular complexity index is 492. The number of methoxy groups -OCH3 is 1. The van der Waals surface area contributed by atoms with Gasteiger partial charge in [0.15, 0.2) is 0 Å². The summed E-state index contributed by atoms with van der Waals surface area (Å²) in [4.78, 5) is 23.9. The van der Waals surface area contributed by atoms with E-state index in [4.69, 9.17) is 9.47 Å². The molecule has 1 fully saturated rings. The van der Waals surface area contributed by atoms with Crippen LogP contribution in [0.1, 0.15) is 38.4 Å². The lowest BCUT2D eigenvalue weighted by atomic mass is 9.81. The Kier molecular flexibility index (Phi) is 4.23. The molecule has 20 heavy (non-hydrogen) atoms. The van der Waals surface area contributed by atoms with E-state index >= 15 is 0 Å². The maximum Gasteiger partial charge on any atom is 0.313 e. The fraction of sp³-hybridized carbons (Fsp3) is 0.500. The van der Waals surface area contributed by atoms with Crippen molar-refractivity contribution in [1.82, 2.24) is 0 Å². The van der Waals surface area contributed by atoms with Gasteiger partial charge in [0.2, 0.25) is 0 Å². The van der Waals surface area contributed by atoms with Crippen LogP contribution in [0.2, 0.25) is 0 Å². The molecule has 0 spiro atoms. The molecule has 0 amide bonds. The van der Waals surface area contributed by atoms with Crippen molar-refractivity contribution >= 4 is 11.8 Å². The number of esters is 1. The number of carbonyl (C=O) groups excluding carboxylic acids is 2. The first-order valence-electron chi connectivity index (χ1n) is 6.75. The van der Waals surface area contributed by atoms with Crippen molar-refractivity contribution in [3.8, 4) is 0 Å². The summed E-state index contributed by atoms with van der Waals surface area (Å²) >= 11 is 0. The van der Waals surface area contributed by atoms with Gasteiger partial charge in [0.1, 0.15) is 5.78 Å². The Morgan fingerprint density at radius 3 is 2.50 bits per heavy atom. The Morgan fingerprint density at radius 2 is 1.90 bits per heavy atom. The zero-order valence-electron chi connectivity index (χ0n) is 12.1. The van der Waals surface area contributed by atoms with Crippen molar-refractivity contribution in [2.75, 3.05) is 7.11 Å². The van der Waals surface area contributed by atoms with Gasteiger partial charge in [-0.1, -0.05) is 30.3 Å². The molecule has 1 aromatic carbocycles. The molecule has 0 radical (unpaired) electrons. The smallest absolute Gasteiger partial charge is 0.313 e. The second kappa shape index (κ2) is 5.75. The standard InChI is InChI=1S/C16H20O4/c1-16(2,15(18)19-3)14-10-12(17)9-13(20-14)11-7-5-4-6-8-11/h4-8,13-14H,9-10H2,1-3H3/t13-,14-/m1/s1. The number of ether oxygens (including phenoxy) is 2. The van der Waals surface area contributed by atoms with Crippen molar-refractivity contribution in [2.45, 2.75) is 38.9 Å². The number of carbonyl (C=O) groups is 2. The van der Waals surface area contributed by atoms with Crippen LogP contribution in [0.3, 0.4) is 0 Å². The van der Waals surface area contributed by atoms with E-state index in [0.717, 1.165) is 5.56 Å². The number of ketones is 1. The minimum absolute atomic E-state index is 0.118. The third-order valence-corrected chi connectivity index (χ3v) is 3.84. The molecule has 2 rings (SSSR count). The highest BCUT2D eigenvalue weighted by Gasteiger charge is 2.43. The van der Waals surface area contributed by atoms with E-state index < -0.39 is 11.5 Å². The quantitative estimate of drug-likeness (QED) is 0.796. The van der Waals surface area contributed by atoms with Gasteiger partial charge < -0.3 is 9.47 Å². The van der Waals surface area contributed by atoms with Crippen molar-refractivity contribution < 1.29 is 19.1 Å². The Labute approximate surface area is 119 Å². The van der Waals surface area contributed by atoms with E-state index in [0.29, 0.717) is 6.42 Å². The molecule has 4 heteroatoms. The molecule has 0 aliphatic carbocycles. The molecule has 0 saturated carbocycles. The van der Waals surface area contributed by atoms with Gasteiger partial charge in [-0.3, -0.25) is 9.59 Å². The van der Waals surface area contributed by atoms with Crippen molar-refractivity contribution in [3.05, 3.63) is 35.9 Å². The molecular weight excluding hydrogens is 256 g/mol. The first-order valence-corrected chi connectivity index (χ1v) is 6.75. The second-order valence-corrected chi connectivity index (χ2v) is 5.68. The van der Waals surface area contributed by atoms with E-state index in [9.17, 15) is 9.59 Å². The third-order valence-electron chi connectivity index (χ3n) is 3.84. The summed E-state index contributed by atoms with van der Waals surface area (Å²) in [5.74, 6) is -0.240. The first kappa shape index (κ1) is 14.7.